The van der Waals surface area contributed by atoms with Gasteiger partial charge in [0, 0.05) is 60.6 Å². The van der Waals surface area contributed by atoms with E-state index in [0.29, 0.717) is 24.3 Å². The number of rotatable bonds is 6. The van der Waals surface area contributed by atoms with Gasteiger partial charge in [-0.1, -0.05) is 6.08 Å². The van der Waals surface area contributed by atoms with E-state index >= 15 is 0 Å². The van der Waals surface area contributed by atoms with Crippen molar-refractivity contribution in [3.63, 3.8) is 0 Å². The molecule has 5 N–H and O–H groups in total. The molecule has 2 aromatic heterocycles. The maximum Gasteiger partial charge on any atom is 0.248 e. The van der Waals surface area contributed by atoms with Gasteiger partial charge in [0.15, 0.2) is 0 Å². The van der Waals surface area contributed by atoms with E-state index in [9.17, 15) is 4.79 Å². The second-order valence-electron chi connectivity index (χ2n) is 7.17. The number of amides is 1. The third kappa shape index (κ3) is 3.90. The highest BCUT2D eigenvalue weighted by molar-refractivity contribution is 5.95. The number of methoxy groups -OCH3 is 1. The lowest BCUT2D eigenvalue weighted by Crippen LogP contribution is -2.36. The van der Waals surface area contributed by atoms with Gasteiger partial charge in [-0.3, -0.25) is 4.79 Å². The van der Waals surface area contributed by atoms with Gasteiger partial charge in [-0.2, -0.15) is 0 Å². The lowest BCUT2D eigenvalue weighted by molar-refractivity contribution is -0.134. The molecule has 1 aliphatic heterocycles. The number of nitrogens with one attached hydrogen (secondary N) is 3. The van der Waals surface area contributed by atoms with Gasteiger partial charge in [-0.05, 0) is 42.3 Å². The van der Waals surface area contributed by atoms with Crippen LogP contribution < -0.4 is 11.1 Å². The minimum absolute atomic E-state index is 0.00499. The summed E-state index contributed by atoms with van der Waals surface area (Å²) in [6.45, 7) is 1.35. The molecule has 0 spiro atoms. The van der Waals surface area contributed by atoms with Crippen molar-refractivity contribution in [2.45, 2.75) is 6.42 Å². The molecule has 0 bridgehead atoms. The van der Waals surface area contributed by atoms with Crippen molar-refractivity contribution in [3.05, 3.63) is 53.9 Å². The molecule has 3 aromatic rings. The van der Waals surface area contributed by atoms with E-state index in [1.807, 2.05) is 18.2 Å². The summed E-state index contributed by atoms with van der Waals surface area (Å²) in [5, 5.41) is 11.9. The van der Waals surface area contributed by atoms with Crippen LogP contribution in [0, 0.1) is 5.41 Å². The van der Waals surface area contributed by atoms with Crippen LogP contribution in [0.15, 0.2) is 42.6 Å². The van der Waals surface area contributed by atoms with Crippen molar-refractivity contribution in [1.29, 1.82) is 5.41 Å². The Morgan fingerprint density at radius 3 is 3.00 bits per heavy atom. The molecule has 30 heavy (non-hydrogen) atoms. The molecule has 154 valence electrons. The zero-order valence-corrected chi connectivity index (χ0v) is 16.7. The Balaban J connectivity index is 1.58. The summed E-state index contributed by atoms with van der Waals surface area (Å²) < 4.78 is 4.94. The van der Waals surface area contributed by atoms with Crippen molar-refractivity contribution in [3.8, 4) is 0 Å². The second-order valence-corrected chi connectivity index (χ2v) is 7.17. The lowest BCUT2D eigenvalue weighted by Gasteiger charge is -2.26. The number of pyridine rings is 1. The fraction of sp³-hybridized carbons (Fsp3) is 0.227. The Kier molecular flexibility index (Phi) is 5.49. The largest absolute Gasteiger partial charge is 0.398 e. The molecule has 0 saturated heterocycles. The Morgan fingerprint density at radius 2 is 2.27 bits per heavy atom. The minimum Gasteiger partial charge on any atom is -0.398 e. The monoisotopic (exact) mass is 404 g/mol. The molecule has 8 nitrogen and oxygen atoms in total. The molecule has 0 radical (unpaired) electrons. The number of aromatic nitrogens is 2. The first-order valence-electron chi connectivity index (χ1n) is 9.70. The standard InChI is InChI=1S/C22H24N6O2/c1-30-13-21(29)28-8-5-14(6-9-28)20-11-17-19(4-7-25-22(17)27-20)26-16-2-3-18(24)15(10-16)12-23/h2-5,7,10-12,23H,6,8-9,13,24H2,1H3,(H2,25,26,27). The van der Waals surface area contributed by atoms with E-state index in [0.717, 1.165) is 34.5 Å². The molecular weight excluding hydrogens is 380 g/mol. The fourth-order valence-corrected chi connectivity index (χ4v) is 3.60. The predicted octanol–water partition coefficient (Wildman–Crippen LogP) is 3.15. The van der Waals surface area contributed by atoms with E-state index in [2.05, 4.69) is 27.4 Å². The van der Waals surface area contributed by atoms with Gasteiger partial charge < -0.3 is 31.1 Å². The predicted molar refractivity (Wildman–Crippen MR) is 119 cm³/mol. The van der Waals surface area contributed by atoms with E-state index in [4.69, 9.17) is 15.9 Å². The molecule has 0 fully saturated rings. The highest BCUT2D eigenvalue weighted by Gasteiger charge is 2.19. The molecule has 1 aliphatic rings. The van der Waals surface area contributed by atoms with Crippen molar-refractivity contribution in [2.24, 2.45) is 0 Å². The number of aromatic amines is 1. The van der Waals surface area contributed by atoms with Gasteiger partial charge in [-0.25, -0.2) is 4.98 Å². The van der Waals surface area contributed by atoms with Crippen LogP contribution in [0.1, 0.15) is 17.7 Å². The summed E-state index contributed by atoms with van der Waals surface area (Å²) in [5.41, 5.74) is 11.8. The van der Waals surface area contributed by atoms with Crippen LogP contribution in [0.4, 0.5) is 17.1 Å². The Hall–Kier alpha value is -3.65. The zero-order valence-electron chi connectivity index (χ0n) is 16.7. The van der Waals surface area contributed by atoms with Crippen LogP contribution in [0.5, 0.6) is 0 Å². The summed E-state index contributed by atoms with van der Waals surface area (Å²) in [5.74, 6) is 0.00499. The molecule has 0 unspecified atom stereocenters. The van der Waals surface area contributed by atoms with E-state index in [1.165, 1.54) is 18.9 Å². The first-order valence-corrected chi connectivity index (χ1v) is 9.70. The molecule has 1 amide bonds. The van der Waals surface area contributed by atoms with Gasteiger partial charge in [0.05, 0.1) is 5.69 Å². The number of carbonyl (C=O) groups excluding carboxylic acids is 1. The zero-order chi connectivity index (χ0) is 21.1. The number of nitrogens with zero attached hydrogens (tertiary/aromatic N) is 2. The Morgan fingerprint density at radius 1 is 1.40 bits per heavy atom. The molecule has 3 heterocycles. The van der Waals surface area contributed by atoms with Crippen LogP contribution in [0.25, 0.3) is 16.6 Å². The smallest absolute Gasteiger partial charge is 0.248 e. The van der Waals surface area contributed by atoms with Crippen LogP contribution >= 0.6 is 0 Å². The maximum absolute atomic E-state index is 12.0. The average Bonchev–Trinajstić information content (AvgIpc) is 3.21. The quantitative estimate of drug-likeness (QED) is 0.372. The number of hydrogen-bond acceptors (Lipinski definition) is 6. The number of hydrogen-bond donors (Lipinski definition) is 4. The Bertz CT molecular complexity index is 1130. The number of H-pyrrole nitrogens is 1. The summed E-state index contributed by atoms with van der Waals surface area (Å²) >= 11 is 0. The maximum atomic E-state index is 12.0. The number of carbonyl (C=O) groups is 1. The fourth-order valence-electron chi connectivity index (χ4n) is 3.60. The first kappa shape index (κ1) is 19.7. The molecule has 1 aromatic carbocycles. The van der Waals surface area contributed by atoms with Gasteiger partial charge in [0.2, 0.25) is 5.91 Å². The van der Waals surface area contributed by atoms with E-state index in [1.54, 1.807) is 17.2 Å². The van der Waals surface area contributed by atoms with Gasteiger partial charge >= 0.3 is 0 Å². The van der Waals surface area contributed by atoms with Gasteiger partial charge in [0.25, 0.3) is 0 Å². The molecule has 0 saturated carbocycles. The Labute approximate surface area is 174 Å². The highest BCUT2D eigenvalue weighted by Crippen LogP contribution is 2.30. The number of anilines is 3. The number of nitrogen functional groups attached to an aromatic ring is 1. The minimum atomic E-state index is 0.00499. The molecule has 8 heteroatoms. The van der Waals surface area contributed by atoms with E-state index < -0.39 is 0 Å². The summed E-state index contributed by atoms with van der Waals surface area (Å²) in [6.07, 6.45) is 5.84. The highest BCUT2D eigenvalue weighted by atomic mass is 16.5. The molecule has 0 atom stereocenters. The van der Waals surface area contributed by atoms with Crippen molar-refractivity contribution in [2.75, 3.05) is 37.9 Å². The van der Waals surface area contributed by atoms with Crippen LogP contribution in [-0.4, -0.2) is 53.8 Å². The van der Waals surface area contributed by atoms with Gasteiger partial charge in [0.1, 0.15) is 12.3 Å². The van der Waals surface area contributed by atoms with Gasteiger partial charge in [-0.15, -0.1) is 0 Å². The number of ether oxygens (including phenoxy) is 1. The second kappa shape index (κ2) is 8.38. The third-order valence-corrected chi connectivity index (χ3v) is 5.23. The van der Waals surface area contributed by atoms with Crippen molar-refractivity contribution >= 4 is 45.8 Å². The van der Waals surface area contributed by atoms with Crippen molar-refractivity contribution < 1.29 is 9.53 Å². The SMILES string of the molecule is COCC(=O)N1CC=C(c2cc3c(Nc4ccc(N)c(C=N)c4)ccnc3[nH]2)CC1. The van der Waals surface area contributed by atoms with E-state index in [-0.39, 0.29) is 12.5 Å². The topological polar surface area (TPSA) is 120 Å². The summed E-state index contributed by atoms with van der Waals surface area (Å²) in [6, 6.07) is 9.51. The first-order chi connectivity index (χ1) is 14.6. The number of benzene rings is 1. The molecule has 4 rings (SSSR count). The molecular formula is C22H24N6O2. The summed E-state index contributed by atoms with van der Waals surface area (Å²) in [7, 11) is 1.53. The van der Waals surface area contributed by atoms with Crippen LogP contribution in [0.2, 0.25) is 0 Å². The average molecular weight is 404 g/mol. The third-order valence-electron chi connectivity index (χ3n) is 5.23. The number of fused-ring (bicyclic) bond motifs is 1. The summed E-state index contributed by atoms with van der Waals surface area (Å²) in [4.78, 5) is 21.6. The van der Waals surface area contributed by atoms with Crippen LogP contribution in [0.3, 0.4) is 0 Å². The van der Waals surface area contributed by atoms with Crippen LogP contribution in [-0.2, 0) is 9.53 Å². The molecule has 0 aliphatic carbocycles. The van der Waals surface area contributed by atoms with Crippen molar-refractivity contribution in [1.82, 2.24) is 14.9 Å². The lowest BCUT2D eigenvalue weighted by atomic mass is 10.0. The number of nitrogens with two attached hydrogens (primary N) is 1. The normalized spacial score (nSPS) is 13.9.